The van der Waals surface area contributed by atoms with Crippen molar-refractivity contribution in [3.63, 3.8) is 0 Å². The van der Waals surface area contributed by atoms with Crippen LogP contribution in [-0.2, 0) is 4.74 Å². The van der Waals surface area contributed by atoms with Crippen LogP contribution in [0.15, 0.2) is 0 Å². The van der Waals surface area contributed by atoms with E-state index >= 15 is 0 Å². The van der Waals surface area contributed by atoms with Crippen molar-refractivity contribution in [1.29, 1.82) is 0 Å². The molecule has 0 bridgehead atoms. The SMILES string of the molecule is CCN1CCN(CC(O)COC2CC(C)CCC2C(C)C)CC1. The highest BCUT2D eigenvalue weighted by Crippen LogP contribution is 2.35. The summed E-state index contributed by atoms with van der Waals surface area (Å²) in [5.74, 6) is 2.09. The molecule has 0 aromatic rings. The lowest BCUT2D eigenvalue weighted by Gasteiger charge is -2.38. The number of hydrogen-bond donors (Lipinski definition) is 1. The Labute approximate surface area is 143 Å². The number of β-amino-alcohol motifs (C(OH)–C–C–N with tert-alkyl or cyclic N) is 1. The number of likely N-dealkylation sites (N-methyl/N-ethyl adjacent to an activating group) is 1. The van der Waals surface area contributed by atoms with Gasteiger partial charge in [-0.05, 0) is 37.1 Å². The van der Waals surface area contributed by atoms with E-state index in [1.807, 2.05) is 0 Å². The van der Waals surface area contributed by atoms with Gasteiger partial charge in [0, 0.05) is 32.7 Å². The Balaban J connectivity index is 1.71. The Morgan fingerprint density at radius 2 is 1.74 bits per heavy atom. The average Bonchev–Trinajstić information content (AvgIpc) is 2.53. The van der Waals surface area contributed by atoms with E-state index in [4.69, 9.17) is 4.74 Å². The maximum atomic E-state index is 10.4. The molecule has 1 aliphatic carbocycles. The number of aliphatic hydroxyl groups excluding tert-OH is 1. The Hall–Kier alpha value is -0.160. The molecule has 2 fully saturated rings. The van der Waals surface area contributed by atoms with Crippen LogP contribution in [0.2, 0.25) is 0 Å². The fourth-order valence-electron chi connectivity index (χ4n) is 4.18. The molecule has 4 unspecified atom stereocenters. The second-order valence-corrected chi connectivity index (χ2v) is 8.09. The van der Waals surface area contributed by atoms with Crippen LogP contribution >= 0.6 is 0 Å². The van der Waals surface area contributed by atoms with E-state index in [2.05, 4.69) is 37.5 Å². The summed E-state index contributed by atoms with van der Waals surface area (Å²) in [5.41, 5.74) is 0. The number of aliphatic hydroxyl groups is 1. The van der Waals surface area contributed by atoms with Gasteiger partial charge in [0.15, 0.2) is 0 Å². The maximum Gasteiger partial charge on any atom is 0.0900 e. The van der Waals surface area contributed by atoms with Crippen molar-refractivity contribution in [1.82, 2.24) is 9.80 Å². The van der Waals surface area contributed by atoms with Crippen LogP contribution in [0, 0.1) is 17.8 Å². The summed E-state index contributed by atoms with van der Waals surface area (Å²) in [7, 11) is 0. The first-order chi connectivity index (χ1) is 11.0. The first-order valence-electron chi connectivity index (χ1n) is 9.74. The molecule has 1 saturated carbocycles. The third kappa shape index (κ3) is 6.00. The smallest absolute Gasteiger partial charge is 0.0900 e. The van der Waals surface area contributed by atoms with E-state index < -0.39 is 0 Å². The van der Waals surface area contributed by atoms with Crippen molar-refractivity contribution >= 4 is 0 Å². The van der Waals surface area contributed by atoms with E-state index in [-0.39, 0.29) is 6.10 Å². The Bertz CT molecular complexity index is 329. The van der Waals surface area contributed by atoms with Crippen molar-refractivity contribution in [2.45, 2.75) is 59.2 Å². The summed E-state index contributed by atoms with van der Waals surface area (Å²) < 4.78 is 6.19. The van der Waals surface area contributed by atoms with Gasteiger partial charge in [-0.2, -0.15) is 0 Å². The Morgan fingerprint density at radius 1 is 1.09 bits per heavy atom. The van der Waals surface area contributed by atoms with E-state index in [1.165, 1.54) is 12.8 Å². The number of rotatable bonds is 7. The Morgan fingerprint density at radius 3 is 2.35 bits per heavy atom. The summed E-state index contributed by atoms with van der Waals surface area (Å²) in [4.78, 5) is 4.85. The molecule has 4 atom stereocenters. The van der Waals surface area contributed by atoms with Crippen LogP contribution < -0.4 is 0 Å². The first-order valence-corrected chi connectivity index (χ1v) is 9.74. The summed E-state index contributed by atoms with van der Waals surface area (Å²) in [6.45, 7) is 15.9. The quantitative estimate of drug-likeness (QED) is 0.780. The number of piperazine rings is 1. The highest BCUT2D eigenvalue weighted by Gasteiger charge is 2.31. The molecule has 2 aliphatic rings. The van der Waals surface area contributed by atoms with Crippen molar-refractivity contribution in [2.75, 3.05) is 45.9 Å². The van der Waals surface area contributed by atoms with E-state index in [9.17, 15) is 5.11 Å². The third-order valence-corrected chi connectivity index (χ3v) is 5.85. The molecule has 136 valence electrons. The van der Waals surface area contributed by atoms with Crippen molar-refractivity contribution in [3.05, 3.63) is 0 Å². The van der Waals surface area contributed by atoms with Crippen molar-refractivity contribution in [3.8, 4) is 0 Å². The molecule has 1 N–H and O–H groups in total. The fourth-order valence-corrected chi connectivity index (χ4v) is 4.18. The second kappa shape index (κ2) is 9.36. The van der Waals surface area contributed by atoms with Crippen molar-refractivity contribution < 1.29 is 9.84 Å². The van der Waals surface area contributed by atoms with Gasteiger partial charge in [0.2, 0.25) is 0 Å². The highest BCUT2D eigenvalue weighted by molar-refractivity contribution is 4.82. The van der Waals surface area contributed by atoms with Gasteiger partial charge in [-0.25, -0.2) is 0 Å². The molecular formula is C19H38N2O2. The minimum absolute atomic E-state index is 0.338. The van der Waals surface area contributed by atoms with Gasteiger partial charge in [0.25, 0.3) is 0 Å². The summed E-state index contributed by atoms with van der Waals surface area (Å²) in [6.07, 6.45) is 3.74. The lowest BCUT2D eigenvalue weighted by molar-refractivity contribution is -0.0753. The van der Waals surface area contributed by atoms with Crippen LogP contribution in [0.1, 0.15) is 47.0 Å². The molecule has 4 nitrogen and oxygen atoms in total. The largest absolute Gasteiger partial charge is 0.389 e. The molecule has 1 heterocycles. The van der Waals surface area contributed by atoms with E-state index in [0.717, 1.165) is 51.6 Å². The monoisotopic (exact) mass is 326 g/mol. The zero-order valence-corrected chi connectivity index (χ0v) is 15.7. The molecule has 2 rings (SSSR count). The highest BCUT2D eigenvalue weighted by atomic mass is 16.5. The van der Waals surface area contributed by atoms with Gasteiger partial charge in [-0.1, -0.05) is 34.1 Å². The molecule has 1 aliphatic heterocycles. The van der Waals surface area contributed by atoms with Crippen LogP contribution in [0.3, 0.4) is 0 Å². The molecule has 0 aromatic carbocycles. The van der Waals surface area contributed by atoms with E-state index in [0.29, 0.717) is 24.5 Å². The maximum absolute atomic E-state index is 10.4. The van der Waals surface area contributed by atoms with Gasteiger partial charge in [-0.15, -0.1) is 0 Å². The zero-order chi connectivity index (χ0) is 16.8. The molecule has 0 amide bonds. The van der Waals surface area contributed by atoms with Gasteiger partial charge >= 0.3 is 0 Å². The normalized spacial score (nSPS) is 32.3. The fraction of sp³-hybridized carbons (Fsp3) is 1.00. The lowest BCUT2D eigenvalue weighted by atomic mass is 9.75. The summed E-state index contributed by atoms with van der Waals surface area (Å²) >= 11 is 0. The van der Waals surface area contributed by atoms with Crippen molar-refractivity contribution in [2.24, 2.45) is 17.8 Å². The Kier molecular flexibility index (Phi) is 7.80. The average molecular weight is 327 g/mol. The van der Waals surface area contributed by atoms with Crippen LogP contribution in [0.4, 0.5) is 0 Å². The minimum Gasteiger partial charge on any atom is -0.389 e. The third-order valence-electron chi connectivity index (χ3n) is 5.85. The van der Waals surface area contributed by atoms with Gasteiger partial charge in [0.05, 0.1) is 18.8 Å². The second-order valence-electron chi connectivity index (χ2n) is 8.09. The first kappa shape index (κ1) is 19.2. The van der Waals surface area contributed by atoms with Gasteiger partial charge in [0.1, 0.15) is 0 Å². The van der Waals surface area contributed by atoms with Crippen LogP contribution in [-0.4, -0.2) is 73.0 Å². The molecule has 0 aromatic heterocycles. The molecule has 23 heavy (non-hydrogen) atoms. The predicted molar refractivity (Wildman–Crippen MR) is 95.6 cm³/mol. The van der Waals surface area contributed by atoms with Gasteiger partial charge < -0.3 is 14.7 Å². The number of ether oxygens (including phenoxy) is 1. The molecule has 1 saturated heterocycles. The van der Waals surface area contributed by atoms with Crippen LogP contribution in [0.5, 0.6) is 0 Å². The van der Waals surface area contributed by atoms with Gasteiger partial charge in [-0.3, -0.25) is 4.90 Å². The standard InChI is InChI=1S/C19H38N2O2/c1-5-20-8-10-21(11-9-20)13-17(22)14-23-19-12-16(4)6-7-18(19)15(2)3/h15-19,22H,5-14H2,1-4H3. The number of hydrogen-bond acceptors (Lipinski definition) is 4. The molecule has 0 spiro atoms. The summed E-state index contributed by atoms with van der Waals surface area (Å²) in [5, 5.41) is 10.4. The molecular weight excluding hydrogens is 288 g/mol. The molecule has 0 radical (unpaired) electrons. The van der Waals surface area contributed by atoms with E-state index in [1.54, 1.807) is 0 Å². The zero-order valence-electron chi connectivity index (χ0n) is 15.7. The topological polar surface area (TPSA) is 35.9 Å². The van der Waals surface area contributed by atoms with Crippen LogP contribution in [0.25, 0.3) is 0 Å². The molecule has 4 heteroatoms. The number of nitrogens with zero attached hydrogens (tertiary/aromatic N) is 2. The minimum atomic E-state index is -0.353. The predicted octanol–water partition coefficient (Wildman–Crippen LogP) is 2.46. The summed E-state index contributed by atoms with van der Waals surface area (Å²) in [6, 6.07) is 0. The lowest BCUT2D eigenvalue weighted by Crippen LogP contribution is -2.49.